The van der Waals surface area contributed by atoms with E-state index in [1.807, 2.05) is 18.4 Å². The summed E-state index contributed by atoms with van der Waals surface area (Å²) in [5, 5.41) is 7.30. The third-order valence-electron chi connectivity index (χ3n) is 3.13. The molecular weight excluding hydrogens is 258 g/mol. The fourth-order valence-corrected chi connectivity index (χ4v) is 2.82. The van der Waals surface area contributed by atoms with Crippen molar-refractivity contribution in [3.63, 3.8) is 0 Å². The van der Waals surface area contributed by atoms with Gasteiger partial charge in [0.25, 0.3) is 0 Å². The first-order valence-electron chi connectivity index (χ1n) is 6.64. The Balaban J connectivity index is 1.98. The van der Waals surface area contributed by atoms with Crippen LogP contribution in [-0.2, 0) is 0 Å². The van der Waals surface area contributed by atoms with Crippen molar-refractivity contribution in [1.82, 2.24) is 15.0 Å². The van der Waals surface area contributed by atoms with Crippen molar-refractivity contribution >= 4 is 23.2 Å². The van der Waals surface area contributed by atoms with Gasteiger partial charge < -0.3 is 10.2 Å². The van der Waals surface area contributed by atoms with Crippen molar-refractivity contribution in [3.05, 3.63) is 16.8 Å². The largest absolute Gasteiger partial charge is 0.354 e. The van der Waals surface area contributed by atoms with Gasteiger partial charge in [0, 0.05) is 30.6 Å². The van der Waals surface area contributed by atoms with Crippen molar-refractivity contribution in [2.45, 2.75) is 19.8 Å². The van der Waals surface area contributed by atoms with Crippen LogP contribution in [0.3, 0.4) is 0 Å². The Kier molecular flexibility index (Phi) is 3.59. The molecule has 1 N–H and O–H groups in total. The van der Waals surface area contributed by atoms with E-state index in [-0.39, 0.29) is 0 Å². The fourth-order valence-electron chi connectivity index (χ4n) is 2.18. The summed E-state index contributed by atoms with van der Waals surface area (Å²) in [6, 6.07) is 2.05. The number of hydrogen-bond acceptors (Lipinski definition) is 6. The lowest BCUT2D eigenvalue weighted by Crippen LogP contribution is -2.21. The van der Waals surface area contributed by atoms with E-state index in [0.717, 1.165) is 37.0 Å². The first-order chi connectivity index (χ1) is 9.36. The number of nitrogens with one attached hydrogen (secondary N) is 1. The lowest BCUT2D eigenvalue weighted by atomic mass is 10.3. The highest BCUT2D eigenvalue weighted by atomic mass is 32.1. The highest BCUT2D eigenvalue weighted by Crippen LogP contribution is 2.23. The fraction of sp³-hybridized carbons (Fsp3) is 0.462. The van der Waals surface area contributed by atoms with Gasteiger partial charge in [-0.05, 0) is 31.2 Å². The van der Waals surface area contributed by atoms with E-state index in [4.69, 9.17) is 0 Å². The topological polar surface area (TPSA) is 53.9 Å². The second kappa shape index (κ2) is 5.52. The molecule has 0 bridgehead atoms. The summed E-state index contributed by atoms with van der Waals surface area (Å²) in [5.74, 6) is 2.22. The van der Waals surface area contributed by atoms with Crippen molar-refractivity contribution in [1.29, 1.82) is 0 Å². The van der Waals surface area contributed by atoms with Crippen LogP contribution in [0, 0.1) is 0 Å². The lowest BCUT2D eigenvalue weighted by molar-refractivity contribution is 0.881. The molecule has 0 radical (unpaired) electrons. The maximum Gasteiger partial charge on any atom is 0.230 e. The molecule has 100 valence electrons. The van der Waals surface area contributed by atoms with Gasteiger partial charge in [-0.25, -0.2) is 0 Å². The van der Waals surface area contributed by atoms with Gasteiger partial charge in [0.2, 0.25) is 11.9 Å². The highest BCUT2D eigenvalue weighted by Gasteiger charge is 2.17. The molecule has 1 saturated heterocycles. The molecule has 0 saturated carbocycles. The molecule has 0 unspecified atom stereocenters. The molecule has 5 nitrogen and oxygen atoms in total. The van der Waals surface area contributed by atoms with Crippen LogP contribution < -0.4 is 10.2 Å². The number of hydrogen-bond donors (Lipinski definition) is 1. The molecule has 1 aliphatic rings. The Hall–Kier alpha value is -1.69. The van der Waals surface area contributed by atoms with Crippen molar-refractivity contribution < 1.29 is 0 Å². The van der Waals surface area contributed by atoms with Crippen molar-refractivity contribution in [2.24, 2.45) is 0 Å². The number of rotatable bonds is 4. The van der Waals surface area contributed by atoms with Crippen molar-refractivity contribution in [3.8, 4) is 11.4 Å². The Labute approximate surface area is 116 Å². The van der Waals surface area contributed by atoms with Crippen LogP contribution in [0.1, 0.15) is 19.8 Å². The first kappa shape index (κ1) is 12.3. The summed E-state index contributed by atoms with van der Waals surface area (Å²) in [4.78, 5) is 15.8. The molecule has 2 aromatic heterocycles. The minimum absolute atomic E-state index is 0.667. The van der Waals surface area contributed by atoms with E-state index in [1.54, 1.807) is 11.3 Å². The summed E-state index contributed by atoms with van der Waals surface area (Å²) >= 11 is 1.66. The summed E-state index contributed by atoms with van der Waals surface area (Å²) in [7, 11) is 0. The normalized spacial score (nSPS) is 14.9. The number of nitrogens with zero attached hydrogens (tertiary/aromatic N) is 4. The van der Waals surface area contributed by atoms with Crippen LogP contribution in [0.15, 0.2) is 16.8 Å². The van der Waals surface area contributed by atoms with Gasteiger partial charge in [-0.3, -0.25) is 0 Å². The van der Waals surface area contributed by atoms with Gasteiger partial charge in [-0.2, -0.15) is 26.3 Å². The van der Waals surface area contributed by atoms with E-state index >= 15 is 0 Å². The number of aromatic nitrogens is 3. The Morgan fingerprint density at radius 1 is 1.26 bits per heavy atom. The van der Waals surface area contributed by atoms with Crippen LogP contribution in [0.2, 0.25) is 0 Å². The molecule has 0 aromatic carbocycles. The monoisotopic (exact) mass is 275 g/mol. The summed E-state index contributed by atoms with van der Waals surface area (Å²) in [5.41, 5.74) is 1.06. The summed E-state index contributed by atoms with van der Waals surface area (Å²) in [6.45, 7) is 4.94. The molecule has 0 atom stereocenters. The number of anilines is 2. The predicted octanol–water partition coefficient (Wildman–Crippen LogP) is 2.63. The van der Waals surface area contributed by atoms with Gasteiger partial charge in [-0.1, -0.05) is 0 Å². The van der Waals surface area contributed by atoms with Gasteiger partial charge >= 0.3 is 0 Å². The minimum Gasteiger partial charge on any atom is -0.354 e. The third-order valence-corrected chi connectivity index (χ3v) is 3.81. The van der Waals surface area contributed by atoms with Gasteiger partial charge in [0.15, 0.2) is 5.82 Å². The van der Waals surface area contributed by atoms with Crippen LogP contribution in [-0.4, -0.2) is 34.6 Å². The van der Waals surface area contributed by atoms with Gasteiger partial charge in [-0.15, -0.1) is 0 Å². The molecule has 2 aromatic rings. The molecule has 1 fully saturated rings. The Bertz CT molecular complexity index is 534. The van der Waals surface area contributed by atoms with Gasteiger partial charge in [0.05, 0.1) is 0 Å². The van der Waals surface area contributed by atoms with Crippen LogP contribution in [0.4, 0.5) is 11.9 Å². The van der Waals surface area contributed by atoms with E-state index in [2.05, 4.69) is 30.5 Å². The van der Waals surface area contributed by atoms with E-state index in [9.17, 15) is 0 Å². The maximum atomic E-state index is 4.61. The van der Waals surface area contributed by atoms with Crippen LogP contribution in [0.5, 0.6) is 0 Å². The zero-order valence-corrected chi connectivity index (χ0v) is 11.8. The average Bonchev–Trinajstić information content (AvgIpc) is 3.12. The molecule has 3 rings (SSSR count). The smallest absolute Gasteiger partial charge is 0.230 e. The molecule has 6 heteroatoms. The van der Waals surface area contributed by atoms with Gasteiger partial charge in [0.1, 0.15) is 0 Å². The predicted molar refractivity (Wildman–Crippen MR) is 78.8 cm³/mol. The quantitative estimate of drug-likeness (QED) is 0.929. The third kappa shape index (κ3) is 2.68. The second-order valence-electron chi connectivity index (χ2n) is 4.52. The van der Waals surface area contributed by atoms with Crippen LogP contribution in [0.25, 0.3) is 11.4 Å². The SMILES string of the molecule is CCNc1nc(-c2ccsc2)nc(N2CCCC2)n1. The zero-order chi connectivity index (χ0) is 13.1. The van der Waals surface area contributed by atoms with E-state index in [1.165, 1.54) is 12.8 Å². The molecule has 0 spiro atoms. The first-order valence-corrected chi connectivity index (χ1v) is 7.58. The molecule has 0 amide bonds. The summed E-state index contributed by atoms with van der Waals surface area (Å²) < 4.78 is 0. The summed E-state index contributed by atoms with van der Waals surface area (Å²) in [6.07, 6.45) is 2.44. The average molecular weight is 275 g/mol. The van der Waals surface area contributed by atoms with E-state index in [0.29, 0.717) is 5.95 Å². The molecule has 3 heterocycles. The van der Waals surface area contributed by atoms with Crippen LogP contribution >= 0.6 is 11.3 Å². The Morgan fingerprint density at radius 3 is 2.79 bits per heavy atom. The van der Waals surface area contributed by atoms with E-state index < -0.39 is 0 Å². The standard InChI is InChI=1S/C13H17N5S/c1-2-14-12-15-11(10-5-8-19-9-10)16-13(17-12)18-6-3-4-7-18/h5,8-9H,2-4,6-7H2,1H3,(H,14,15,16,17). The second-order valence-corrected chi connectivity index (χ2v) is 5.30. The molecule has 0 aliphatic carbocycles. The Morgan fingerprint density at radius 2 is 2.11 bits per heavy atom. The molecule has 1 aliphatic heterocycles. The number of thiophene rings is 1. The maximum absolute atomic E-state index is 4.61. The van der Waals surface area contributed by atoms with Crippen molar-refractivity contribution in [2.75, 3.05) is 29.9 Å². The molecular formula is C13H17N5S. The molecule has 19 heavy (non-hydrogen) atoms. The highest BCUT2D eigenvalue weighted by molar-refractivity contribution is 7.08. The lowest BCUT2D eigenvalue weighted by Gasteiger charge is -2.16. The minimum atomic E-state index is 0.667. The zero-order valence-electron chi connectivity index (χ0n) is 11.0.